The van der Waals surface area contributed by atoms with Gasteiger partial charge in [0.1, 0.15) is 0 Å². The van der Waals surface area contributed by atoms with E-state index in [-0.39, 0.29) is 0 Å². The Labute approximate surface area is 238 Å². The lowest BCUT2D eigenvalue weighted by Crippen LogP contribution is -2.47. The van der Waals surface area contributed by atoms with Gasteiger partial charge in [-0.25, -0.2) is 4.79 Å². The number of para-hydroxylation sites is 1. The first-order chi connectivity index (χ1) is 19.7. The molecule has 2 aromatic carbocycles. The Morgan fingerprint density at radius 3 is 2.40 bits per heavy atom. The molecule has 8 nitrogen and oxygen atoms in total. The molecule has 0 bridgehead atoms. The lowest BCUT2D eigenvalue weighted by atomic mass is 10.0. The first-order valence-corrected chi connectivity index (χ1v) is 15.1. The summed E-state index contributed by atoms with van der Waals surface area (Å²) >= 11 is 0. The van der Waals surface area contributed by atoms with E-state index in [0.29, 0.717) is 5.56 Å². The van der Waals surface area contributed by atoms with Crippen molar-refractivity contribution in [2.24, 2.45) is 0 Å². The average molecular weight is 548 g/mol. The Morgan fingerprint density at radius 2 is 1.68 bits per heavy atom. The number of aromatic nitrogens is 1. The molecule has 3 saturated heterocycles. The van der Waals surface area contributed by atoms with Crippen LogP contribution >= 0.6 is 0 Å². The zero-order valence-electron chi connectivity index (χ0n) is 23.7. The third-order valence-corrected chi connectivity index (χ3v) is 8.55. The predicted octanol–water partition coefficient (Wildman–Crippen LogP) is 4.08. The van der Waals surface area contributed by atoms with Crippen molar-refractivity contribution in [1.29, 1.82) is 0 Å². The quantitative estimate of drug-likeness (QED) is 0.367. The second-order valence-electron chi connectivity index (χ2n) is 11.1. The number of carbonyl (C=O) groups is 1. The molecule has 8 heteroatoms. The number of nitrogens with one attached hydrogen (secondary N) is 2. The number of fused-ring (bicyclic) bond motifs is 1. The number of benzene rings is 2. The van der Waals surface area contributed by atoms with Crippen LogP contribution in [-0.4, -0.2) is 104 Å². The summed E-state index contributed by atoms with van der Waals surface area (Å²) in [7, 11) is 0. The van der Waals surface area contributed by atoms with Crippen LogP contribution in [0.3, 0.4) is 0 Å². The molecule has 0 saturated carbocycles. The number of aromatic amines is 1. The standard InChI is InChI=1S/C23H27N3O2.C9H18N2O/c27-23(28)18-9-10-22-21(16-18)19(17-24-22)6-4-5-11-25-12-14-26(15-13-25)20-7-2-1-3-8-20;1-3-10-4-2-9(1)11-5-7-12-8-6-11/h1-3,7-10,16-17,24H,4-6,11-15H2,(H,27,28);9-10H,1-8H2. The Bertz CT molecular complexity index is 1160. The highest BCUT2D eigenvalue weighted by atomic mass is 16.5. The number of carboxylic acids is 1. The number of unbranched alkanes of at least 4 members (excludes halogenated alkanes) is 1. The van der Waals surface area contributed by atoms with Crippen LogP contribution in [0.5, 0.6) is 0 Å². The monoisotopic (exact) mass is 547 g/mol. The van der Waals surface area contributed by atoms with Crippen LogP contribution in [0.15, 0.2) is 54.7 Å². The van der Waals surface area contributed by atoms with Gasteiger partial charge in [0.05, 0.1) is 18.8 Å². The maximum atomic E-state index is 11.2. The fourth-order valence-electron chi connectivity index (χ4n) is 6.15. The van der Waals surface area contributed by atoms with Crippen molar-refractivity contribution in [2.45, 2.75) is 38.1 Å². The summed E-state index contributed by atoms with van der Waals surface area (Å²) in [4.78, 5) is 22.1. The van der Waals surface area contributed by atoms with Crippen molar-refractivity contribution in [1.82, 2.24) is 20.1 Å². The topological polar surface area (TPSA) is 84.1 Å². The zero-order chi connectivity index (χ0) is 27.6. The number of piperazine rings is 1. The molecule has 6 rings (SSSR count). The molecular formula is C32H45N5O3. The molecule has 1 aromatic heterocycles. The van der Waals surface area contributed by atoms with Crippen LogP contribution in [0.25, 0.3) is 10.9 Å². The third-order valence-electron chi connectivity index (χ3n) is 8.55. The van der Waals surface area contributed by atoms with Crippen molar-refractivity contribution >= 4 is 22.6 Å². The molecule has 3 aromatic rings. The van der Waals surface area contributed by atoms with E-state index >= 15 is 0 Å². The maximum Gasteiger partial charge on any atom is 0.335 e. The average Bonchev–Trinajstić information content (AvgIpc) is 3.43. The third kappa shape index (κ3) is 7.85. The van der Waals surface area contributed by atoms with Gasteiger partial charge in [-0.15, -0.1) is 0 Å². The second kappa shape index (κ2) is 14.6. The Morgan fingerprint density at radius 1 is 0.925 bits per heavy atom. The first-order valence-electron chi connectivity index (χ1n) is 15.1. The Balaban J connectivity index is 0.000000223. The Kier molecular flexibility index (Phi) is 10.5. The highest BCUT2D eigenvalue weighted by molar-refractivity contribution is 5.94. The number of hydrogen-bond acceptors (Lipinski definition) is 6. The molecule has 40 heavy (non-hydrogen) atoms. The Hall–Kier alpha value is -2.91. The van der Waals surface area contributed by atoms with E-state index < -0.39 is 5.97 Å². The van der Waals surface area contributed by atoms with Gasteiger partial charge in [-0.1, -0.05) is 18.2 Å². The molecule has 0 aliphatic carbocycles. The summed E-state index contributed by atoms with van der Waals surface area (Å²) in [6.45, 7) is 12.1. The highest BCUT2D eigenvalue weighted by Crippen LogP contribution is 2.22. The van der Waals surface area contributed by atoms with E-state index in [4.69, 9.17) is 4.74 Å². The molecule has 3 aliphatic rings. The minimum Gasteiger partial charge on any atom is -0.478 e. The van der Waals surface area contributed by atoms with Crippen LogP contribution in [0.4, 0.5) is 5.69 Å². The number of rotatable bonds is 8. The van der Waals surface area contributed by atoms with Gasteiger partial charge in [-0.05, 0) is 87.6 Å². The van der Waals surface area contributed by atoms with Crippen molar-refractivity contribution in [2.75, 3.05) is 77.0 Å². The van der Waals surface area contributed by atoms with Crippen molar-refractivity contribution in [3.8, 4) is 0 Å². The molecule has 4 heterocycles. The number of aromatic carboxylic acids is 1. The number of carboxylic acid groups (broad SMARTS) is 1. The van der Waals surface area contributed by atoms with E-state index in [1.165, 1.54) is 37.2 Å². The van der Waals surface area contributed by atoms with Gasteiger partial charge in [0, 0.05) is 68.1 Å². The van der Waals surface area contributed by atoms with E-state index in [1.54, 1.807) is 12.1 Å². The molecule has 0 unspecified atom stereocenters. The molecule has 3 fully saturated rings. The van der Waals surface area contributed by atoms with Crippen molar-refractivity contribution in [3.05, 3.63) is 65.9 Å². The number of hydrogen-bond donors (Lipinski definition) is 3. The predicted molar refractivity (Wildman–Crippen MR) is 162 cm³/mol. The van der Waals surface area contributed by atoms with Gasteiger partial charge in [0.2, 0.25) is 0 Å². The number of morpholine rings is 1. The van der Waals surface area contributed by atoms with E-state index in [0.717, 1.165) is 95.2 Å². The fraction of sp³-hybridized carbons (Fsp3) is 0.531. The highest BCUT2D eigenvalue weighted by Gasteiger charge is 2.22. The van der Waals surface area contributed by atoms with Crippen molar-refractivity contribution < 1.29 is 14.6 Å². The molecule has 3 N–H and O–H groups in total. The van der Waals surface area contributed by atoms with Crippen LogP contribution < -0.4 is 10.2 Å². The minimum absolute atomic E-state index is 0.352. The normalized spacial score (nSPS) is 19.4. The molecule has 0 atom stereocenters. The number of H-pyrrole nitrogens is 1. The van der Waals surface area contributed by atoms with Gasteiger partial charge < -0.3 is 25.0 Å². The number of anilines is 1. The summed E-state index contributed by atoms with van der Waals surface area (Å²) in [5.41, 5.74) is 3.90. The fourth-order valence-corrected chi connectivity index (χ4v) is 6.15. The summed E-state index contributed by atoms with van der Waals surface area (Å²) in [6.07, 6.45) is 7.92. The van der Waals surface area contributed by atoms with Gasteiger partial charge in [-0.2, -0.15) is 0 Å². The maximum absolute atomic E-state index is 11.2. The second-order valence-corrected chi connectivity index (χ2v) is 11.1. The van der Waals surface area contributed by atoms with Gasteiger partial charge >= 0.3 is 5.97 Å². The summed E-state index contributed by atoms with van der Waals surface area (Å²) in [5.74, 6) is -0.872. The molecule has 0 spiro atoms. The smallest absolute Gasteiger partial charge is 0.335 e. The summed E-state index contributed by atoms with van der Waals surface area (Å²) in [5, 5.41) is 13.6. The zero-order valence-corrected chi connectivity index (χ0v) is 23.7. The largest absolute Gasteiger partial charge is 0.478 e. The van der Waals surface area contributed by atoms with E-state index in [2.05, 4.69) is 55.3 Å². The summed E-state index contributed by atoms with van der Waals surface area (Å²) < 4.78 is 5.33. The number of ether oxygens (including phenoxy) is 1. The van der Waals surface area contributed by atoms with Crippen LogP contribution in [0.1, 0.15) is 41.6 Å². The van der Waals surface area contributed by atoms with Gasteiger partial charge in [-0.3, -0.25) is 9.80 Å². The van der Waals surface area contributed by atoms with Crippen LogP contribution in [0, 0.1) is 0 Å². The molecule has 0 radical (unpaired) electrons. The lowest BCUT2D eigenvalue weighted by Gasteiger charge is -2.36. The number of aryl methyl sites for hydroxylation is 1. The molecule has 0 amide bonds. The first kappa shape index (κ1) is 28.6. The number of nitrogens with zero attached hydrogens (tertiary/aromatic N) is 3. The minimum atomic E-state index is -0.872. The molecule has 3 aliphatic heterocycles. The van der Waals surface area contributed by atoms with E-state index in [1.807, 2.05) is 12.3 Å². The van der Waals surface area contributed by atoms with Crippen LogP contribution in [0.2, 0.25) is 0 Å². The lowest BCUT2D eigenvalue weighted by molar-refractivity contribution is 0.0101. The van der Waals surface area contributed by atoms with Gasteiger partial charge in [0.15, 0.2) is 0 Å². The van der Waals surface area contributed by atoms with Gasteiger partial charge in [0.25, 0.3) is 0 Å². The van der Waals surface area contributed by atoms with Crippen molar-refractivity contribution in [3.63, 3.8) is 0 Å². The molecular weight excluding hydrogens is 502 g/mol. The van der Waals surface area contributed by atoms with Crippen LogP contribution in [-0.2, 0) is 11.2 Å². The molecule has 216 valence electrons. The number of piperidine rings is 1. The summed E-state index contributed by atoms with van der Waals surface area (Å²) in [6, 6.07) is 16.8. The van der Waals surface area contributed by atoms with E-state index in [9.17, 15) is 9.90 Å². The SMILES string of the molecule is C1CC(N2CCOCC2)CCN1.O=C(O)c1ccc2[nH]cc(CCCCN3CCN(c4ccccc4)CC3)c2c1.